The highest BCUT2D eigenvalue weighted by molar-refractivity contribution is 7.99. The van der Waals surface area contributed by atoms with Crippen molar-refractivity contribution in [3.05, 3.63) is 33.9 Å². The Labute approximate surface area is 141 Å². The van der Waals surface area contributed by atoms with Gasteiger partial charge in [0.1, 0.15) is 0 Å². The fourth-order valence-corrected chi connectivity index (χ4v) is 4.03. The van der Waals surface area contributed by atoms with Gasteiger partial charge in [0.2, 0.25) is 0 Å². The van der Waals surface area contributed by atoms with E-state index >= 15 is 0 Å². The number of nitrogens with zero attached hydrogens (tertiary/aromatic N) is 2. The number of hydrogen-bond donors (Lipinski definition) is 1. The molecule has 1 aromatic rings. The van der Waals surface area contributed by atoms with E-state index in [0.29, 0.717) is 17.2 Å². The van der Waals surface area contributed by atoms with Crippen molar-refractivity contribution in [2.75, 3.05) is 24.3 Å². The first kappa shape index (κ1) is 17.6. The Morgan fingerprint density at radius 2 is 2.26 bits per heavy atom. The summed E-state index contributed by atoms with van der Waals surface area (Å²) in [4.78, 5) is 36.2. The summed E-state index contributed by atoms with van der Waals surface area (Å²) < 4.78 is 0. The van der Waals surface area contributed by atoms with Gasteiger partial charge in [-0.05, 0) is 18.4 Å². The fraction of sp³-hybridized carbons (Fsp3) is 0.429. The van der Waals surface area contributed by atoms with E-state index in [9.17, 15) is 19.7 Å². The number of carboxylic acid groups (broad SMARTS) is 1. The average molecular weight is 356 g/mol. The van der Waals surface area contributed by atoms with E-state index in [1.807, 2.05) is 0 Å². The molecule has 1 atom stereocenters. The van der Waals surface area contributed by atoms with Crippen LogP contribution in [-0.4, -0.2) is 57.2 Å². The Kier molecular flexibility index (Phi) is 5.89. The van der Waals surface area contributed by atoms with E-state index in [0.717, 1.165) is 5.75 Å². The molecule has 124 valence electrons. The van der Waals surface area contributed by atoms with Crippen LogP contribution < -0.4 is 0 Å². The lowest BCUT2D eigenvalue weighted by atomic mass is 10.1. The van der Waals surface area contributed by atoms with Crippen molar-refractivity contribution in [3.8, 4) is 0 Å². The highest BCUT2D eigenvalue weighted by Gasteiger charge is 2.30. The van der Waals surface area contributed by atoms with Crippen LogP contribution in [0.25, 0.3) is 0 Å². The van der Waals surface area contributed by atoms with Crippen molar-refractivity contribution in [1.82, 2.24) is 4.90 Å². The van der Waals surface area contributed by atoms with Crippen LogP contribution in [0, 0.1) is 10.1 Å². The minimum Gasteiger partial charge on any atom is -0.481 e. The Morgan fingerprint density at radius 1 is 1.52 bits per heavy atom. The third kappa shape index (κ3) is 4.17. The standard InChI is InChI=1S/C14H16N2O5S2/c1-22-12-3-2-9(6-11(12)16(20)21)14(19)15-4-5-23-8-10(15)7-13(17)18/h2-3,6,10H,4-5,7-8H2,1H3,(H,17,18). The number of carbonyl (C=O) groups excluding carboxylic acids is 1. The molecule has 1 saturated heterocycles. The van der Waals surface area contributed by atoms with Crippen LogP contribution in [0.2, 0.25) is 0 Å². The van der Waals surface area contributed by atoms with E-state index in [1.165, 1.54) is 22.7 Å². The Morgan fingerprint density at radius 3 is 2.87 bits per heavy atom. The molecule has 0 aromatic heterocycles. The largest absolute Gasteiger partial charge is 0.481 e. The lowest BCUT2D eigenvalue weighted by Crippen LogP contribution is -2.47. The van der Waals surface area contributed by atoms with Gasteiger partial charge in [-0.25, -0.2) is 0 Å². The van der Waals surface area contributed by atoms with Gasteiger partial charge in [-0.3, -0.25) is 19.7 Å². The molecule has 0 spiro atoms. The van der Waals surface area contributed by atoms with Gasteiger partial charge >= 0.3 is 5.97 Å². The Hall–Kier alpha value is -1.74. The first-order valence-electron chi connectivity index (χ1n) is 6.87. The predicted octanol–water partition coefficient (Wildman–Crippen LogP) is 2.35. The van der Waals surface area contributed by atoms with Crippen LogP contribution in [0.15, 0.2) is 23.1 Å². The summed E-state index contributed by atoms with van der Waals surface area (Å²) in [5, 5.41) is 20.1. The smallest absolute Gasteiger partial charge is 0.305 e. The maximum Gasteiger partial charge on any atom is 0.305 e. The zero-order chi connectivity index (χ0) is 17.0. The van der Waals surface area contributed by atoms with E-state index in [2.05, 4.69) is 0 Å². The number of carboxylic acids is 1. The maximum absolute atomic E-state index is 12.7. The molecule has 7 nitrogen and oxygen atoms in total. The Bertz CT molecular complexity index is 638. The average Bonchev–Trinajstić information content (AvgIpc) is 2.53. The molecular weight excluding hydrogens is 340 g/mol. The maximum atomic E-state index is 12.7. The number of amides is 1. The van der Waals surface area contributed by atoms with Gasteiger partial charge in [0.25, 0.3) is 11.6 Å². The number of aliphatic carboxylic acids is 1. The van der Waals surface area contributed by atoms with Crippen LogP contribution in [0.3, 0.4) is 0 Å². The van der Waals surface area contributed by atoms with E-state index < -0.39 is 16.9 Å². The first-order valence-corrected chi connectivity index (χ1v) is 9.25. The Balaban J connectivity index is 2.29. The highest BCUT2D eigenvalue weighted by Crippen LogP contribution is 2.29. The van der Waals surface area contributed by atoms with Gasteiger partial charge in [0, 0.05) is 29.7 Å². The molecule has 2 rings (SSSR count). The van der Waals surface area contributed by atoms with Gasteiger partial charge in [-0.1, -0.05) is 0 Å². The molecule has 1 aliphatic heterocycles. The number of thioether (sulfide) groups is 2. The summed E-state index contributed by atoms with van der Waals surface area (Å²) in [5.41, 5.74) is 0.112. The summed E-state index contributed by atoms with van der Waals surface area (Å²) in [6.45, 7) is 0.444. The van der Waals surface area contributed by atoms with E-state index in [4.69, 9.17) is 5.11 Å². The van der Waals surface area contributed by atoms with Gasteiger partial charge in [-0.15, -0.1) is 11.8 Å². The first-order chi connectivity index (χ1) is 10.9. The van der Waals surface area contributed by atoms with E-state index in [1.54, 1.807) is 30.2 Å². The molecule has 1 heterocycles. The van der Waals surface area contributed by atoms with Crippen LogP contribution in [-0.2, 0) is 4.79 Å². The third-order valence-electron chi connectivity index (χ3n) is 3.52. The minimum atomic E-state index is -0.959. The van der Waals surface area contributed by atoms with Crippen molar-refractivity contribution >= 4 is 41.1 Å². The zero-order valence-electron chi connectivity index (χ0n) is 12.4. The number of carbonyl (C=O) groups is 2. The van der Waals surface area contributed by atoms with Crippen molar-refractivity contribution in [1.29, 1.82) is 0 Å². The molecule has 0 aliphatic carbocycles. The van der Waals surface area contributed by atoms with Crippen molar-refractivity contribution in [2.45, 2.75) is 17.4 Å². The van der Waals surface area contributed by atoms with Gasteiger partial charge in [0.05, 0.1) is 22.3 Å². The lowest BCUT2D eigenvalue weighted by molar-refractivity contribution is -0.387. The van der Waals surface area contributed by atoms with Crippen LogP contribution in [0.1, 0.15) is 16.8 Å². The second kappa shape index (κ2) is 7.69. The van der Waals surface area contributed by atoms with Crippen molar-refractivity contribution in [3.63, 3.8) is 0 Å². The molecule has 23 heavy (non-hydrogen) atoms. The SMILES string of the molecule is CSc1ccc(C(=O)N2CCSCC2CC(=O)O)cc1[N+](=O)[O-]. The van der Waals surface area contributed by atoms with Gasteiger partial charge in [-0.2, -0.15) is 11.8 Å². The third-order valence-corrected chi connectivity index (χ3v) is 5.40. The topological polar surface area (TPSA) is 101 Å². The molecule has 0 radical (unpaired) electrons. The fourth-order valence-electron chi connectivity index (χ4n) is 2.42. The molecular formula is C14H16N2O5S2. The number of rotatable bonds is 5. The molecule has 1 aliphatic rings. The molecule has 0 bridgehead atoms. The predicted molar refractivity (Wildman–Crippen MR) is 89.3 cm³/mol. The normalized spacial score (nSPS) is 17.8. The zero-order valence-corrected chi connectivity index (χ0v) is 14.1. The molecule has 1 aromatic carbocycles. The summed E-state index contributed by atoms with van der Waals surface area (Å²) >= 11 is 2.85. The lowest BCUT2D eigenvalue weighted by Gasteiger charge is -2.34. The second-order valence-electron chi connectivity index (χ2n) is 4.97. The molecule has 1 amide bonds. The van der Waals surface area contributed by atoms with Crippen LogP contribution in [0.4, 0.5) is 5.69 Å². The summed E-state index contributed by atoms with van der Waals surface area (Å²) in [6, 6.07) is 3.99. The van der Waals surface area contributed by atoms with Crippen molar-refractivity contribution < 1.29 is 19.6 Å². The minimum absolute atomic E-state index is 0.107. The summed E-state index contributed by atoms with van der Waals surface area (Å²) in [7, 11) is 0. The van der Waals surface area contributed by atoms with Crippen molar-refractivity contribution in [2.24, 2.45) is 0 Å². The molecule has 1 fully saturated rings. The van der Waals surface area contributed by atoms with Gasteiger partial charge in [0.15, 0.2) is 0 Å². The summed E-state index contributed by atoms with van der Waals surface area (Å²) in [5.74, 6) is -0.0260. The second-order valence-corrected chi connectivity index (χ2v) is 6.97. The number of hydrogen-bond acceptors (Lipinski definition) is 6. The monoisotopic (exact) mass is 356 g/mol. The number of benzene rings is 1. The molecule has 1 N–H and O–H groups in total. The molecule has 1 unspecified atom stereocenters. The highest BCUT2D eigenvalue weighted by atomic mass is 32.2. The number of nitro benzene ring substituents is 1. The molecule has 0 saturated carbocycles. The van der Waals surface area contributed by atoms with E-state index in [-0.39, 0.29) is 23.6 Å². The molecule has 9 heteroatoms. The number of nitro groups is 1. The van der Waals surface area contributed by atoms with Crippen LogP contribution >= 0.6 is 23.5 Å². The summed E-state index contributed by atoms with van der Waals surface area (Å²) in [6.07, 6.45) is 1.61. The van der Waals surface area contributed by atoms with Gasteiger partial charge < -0.3 is 10.0 Å². The van der Waals surface area contributed by atoms with Crippen LogP contribution in [0.5, 0.6) is 0 Å². The quantitative estimate of drug-likeness (QED) is 0.491.